The summed E-state index contributed by atoms with van der Waals surface area (Å²) in [5, 5.41) is 10.0. The fourth-order valence-electron chi connectivity index (χ4n) is 3.53. The summed E-state index contributed by atoms with van der Waals surface area (Å²) in [6.07, 6.45) is 4.78. The number of aromatic nitrogens is 4. The van der Waals surface area contributed by atoms with Crippen LogP contribution in [0.2, 0.25) is 0 Å². The molecule has 0 unspecified atom stereocenters. The van der Waals surface area contributed by atoms with Crippen LogP contribution in [0.5, 0.6) is 0 Å². The van der Waals surface area contributed by atoms with Crippen LogP contribution in [0, 0.1) is 11.3 Å². The number of hydrogen-bond acceptors (Lipinski definition) is 5. The van der Waals surface area contributed by atoms with Gasteiger partial charge in [-0.2, -0.15) is 5.26 Å². The molecule has 4 heterocycles. The smallest absolute Gasteiger partial charge is 0.329 e. The lowest BCUT2D eigenvalue weighted by molar-refractivity contribution is 0.204. The molecule has 3 aromatic heterocycles. The molecule has 0 bridgehead atoms. The van der Waals surface area contributed by atoms with E-state index >= 15 is 0 Å². The first kappa shape index (κ1) is 14.7. The minimum atomic E-state index is -0.413. The largest absolute Gasteiger partial charge is 0.346 e. The van der Waals surface area contributed by atoms with Gasteiger partial charge in [0.25, 0.3) is 5.56 Å². The van der Waals surface area contributed by atoms with Gasteiger partial charge >= 0.3 is 5.69 Å². The number of aromatic amines is 2. The summed E-state index contributed by atoms with van der Waals surface area (Å²) < 4.78 is 1.69. The van der Waals surface area contributed by atoms with Crippen molar-refractivity contribution in [3.8, 4) is 6.07 Å². The van der Waals surface area contributed by atoms with E-state index in [9.17, 15) is 9.59 Å². The Morgan fingerprint density at radius 1 is 1.29 bits per heavy atom. The molecule has 24 heavy (non-hydrogen) atoms. The van der Waals surface area contributed by atoms with Gasteiger partial charge in [-0.1, -0.05) is 0 Å². The van der Waals surface area contributed by atoms with Gasteiger partial charge in [0.1, 0.15) is 5.65 Å². The van der Waals surface area contributed by atoms with Crippen molar-refractivity contribution in [2.75, 3.05) is 19.6 Å². The third-order valence-electron chi connectivity index (χ3n) is 4.70. The summed E-state index contributed by atoms with van der Waals surface area (Å²) in [5.41, 5.74) is 0.487. The molecule has 0 spiro atoms. The molecular formula is C16H16N6O2. The molecule has 0 saturated carbocycles. The van der Waals surface area contributed by atoms with Gasteiger partial charge in [0.15, 0.2) is 0 Å². The molecular weight excluding hydrogens is 308 g/mol. The Bertz CT molecular complexity index is 1060. The molecule has 0 atom stereocenters. The summed E-state index contributed by atoms with van der Waals surface area (Å²) in [4.78, 5) is 36.5. The molecule has 8 nitrogen and oxygen atoms in total. The van der Waals surface area contributed by atoms with Crippen molar-refractivity contribution in [1.29, 1.82) is 5.26 Å². The molecule has 1 fully saturated rings. The van der Waals surface area contributed by atoms with Crippen LogP contribution >= 0.6 is 0 Å². The van der Waals surface area contributed by atoms with Gasteiger partial charge in [-0.25, -0.2) is 9.78 Å². The molecule has 0 radical (unpaired) electrons. The molecule has 0 aliphatic carbocycles. The zero-order valence-electron chi connectivity index (χ0n) is 13.0. The van der Waals surface area contributed by atoms with E-state index in [4.69, 9.17) is 5.26 Å². The standard InChI is InChI=1S/C16H16N6O2/c17-4-8-21-6-2-10(3-7-21)22-13-11-1-5-18-14(11)19-9-12(13)15(23)20-16(22)24/h1,5,9-10H,2-3,6-8H2,(H,18,19)(H,20,23,24). The number of nitrogens with one attached hydrogen (secondary N) is 2. The highest BCUT2D eigenvalue weighted by molar-refractivity contribution is 6.01. The Morgan fingerprint density at radius 3 is 2.83 bits per heavy atom. The predicted octanol–water partition coefficient (Wildman–Crippen LogP) is 0.727. The van der Waals surface area contributed by atoms with Crippen LogP contribution in [0.3, 0.4) is 0 Å². The van der Waals surface area contributed by atoms with Gasteiger partial charge in [-0.3, -0.25) is 19.2 Å². The summed E-state index contributed by atoms with van der Waals surface area (Å²) >= 11 is 0. The average molecular weight is 324 g/mol. The van der Waals surface area contributed by atoms with Crippen LogP contribution in [0.25, 0.3) is 21.9 Å². The van der Waals surface area contributed by atoms with Gasteiger partial charge in [-0.15, -0.1) is 0 Å². The Balaban J connectivity index is 1.89. The monoisotopic (exact) mass is 324 g/mol. The molecule has 2 N–H and O–H groups in total. The van der Waals surface area contributed by atoms with E-state index in [0.29, 0.717) is 23.1 Å². The molecule has 0 amide bonds. The van der Waals surface area contributed by atoms with E-state index in [1.54, 1.807) is 10.8 Å². The maximum absolute atomic E-state index is 12.5. The van der Waals surface area contributed by atoms with Crippen LogP contribution in [-0.2, 0) is 0 Å². The van der Waals surface area contributed by atoms with Gasteiger partial charge in [0.2, 0.25) is 0 Å². The second kappa shape index (κ2) is 5.62. The van der Waals surface area contributed by atoms with Crippen molar-refractivity contribution in [3.05, 3.63) is 39.3 Å². The van der Waals surface area contributed by atoms with Crippen LogP contribution in [0.4, 0.5) is 0 Å². The average Bonchev–Trinajstić information content (AvgIpc) is 3.05. The van der Waals surface area contributed by atoms with Crippen LogP contribution in [-0.4, -0.2) is 44.1 Å². The lowest BCUT2D eigenvalue weighted by atomic mass is 10.0. The molecule has 122 valence electrons. The van der Waals surface area contributed by atoms with Crippen molar-refractivity contribution >= 4 is 21.9 Å². The van der Waals surface area contributed by atoms with E-state index in [1.165, 1.54) is 6.20 Å². The van der Waals surface area contributed by atoms with Crippen molar-refractivity contribution in [2.45, 2.75) is 18.9 Å². The fourth-order valence-corrected chi connectivity index (χ4v) is 3.53. The van der Waals surface area contributed by atoms with Gasteiger partial charge in [0, 0.05) is 36.9 Å². The number of fused-ring (bicyclic) bond motifs is 3. The number of nitriles is 1. The number of rotatable bonds is 2. The number of nitrogens with zero attached hydrogens (tertiary/aromatic N) is 4. The maximum atomic E-state index is 12.5. The zero-order chi connectivity index (χ0) is 16.7. The summed E-state index contributed by atoms with van der Waals surface area (Å²) in [7, 11) is 0. The van der Waals surface area contributed by atoms with E-state index < -0.39 is 5.56 Å². The SMILES string of the molecule is N#CCN1CCC(n2c(=O)[nH]c(=O)c3cnc4[nH]ccc4c32)CC1. The lowest BCUT2D eigenvalue weighted by Gasteiger charge is -2.31. The Kier molecular flexibility index (Phi) is 3.43. The van der Waals surface area contributed by atoms with Crippen LogP contribution in [0.15, 0.2) is 28.0 Å². The highest BCUT2D eigenvalue weighted by Gasteiger charge is 2.24. The van der Waals surface area contributed by atoms with Gasteiger partial charge < -0.3 is 4.98 Å². The molecule has 0 aromatic carbocycles. The van der Waals surface area contributed by atoms with Gasteiger partial charge in [0.05, 0.1) is 23.5 Å². The van der Waals surface area contributed by atoms with Crippen molar-refractivity contribution in [1.82, 2.24) is 24.4 Å². The lowest BCUT2D eigenvalue weighted by Crippen LogP contribution is -2.40. The quantitative estimate of drug-likeness (QED) is 0.675. The minimum absolute atomic E-state index is 0.00714. The molecule has 1 saturated heterocycles. The first-order valence-electron chi connectivity index (χ1n) is 7.89. The third-order valence-corrected chi connectivity index (χ3v) is 4.70. The van der Waals surface area contributed by atoms with E-state index in [2.05, 4.69) is 25.9 Å². The van der Waals surface area contributed by atoms with Crippen LogP contribution < -0.4 is 11.2 Å². The number of hydrogen-bond donors (Lipinski definition) is 2. The Hall–Kier alpha value is -2.92. The molecule has 3 aromatic rings. The maximum Gasteiger partial charge on any atom is 0.329 e. The van der Waals surface area contributed by atoms with Crippen molar-refractivity contribution in [2.24, 2.45) is 0 Å². The number of likely N-dealkylation sites (tertiary alicyclic amines) is 1. The Morgan fingerprint density at radius 2 is 2.08 bits per heavy atom. The minimum Gasteiger partial charge on any atom is -0.346 e. The third kappa shape index (κ3) is 2.21. The second-order valence-corrected chi connectivity index (χ2v) is 6.06. The van der Waals surface area contributed by atoms with Gasteiger partial charge in [-0.05, 0) is 18.9 Å². The zero-order valence-corrected chi connectivity index (χ0v) is 13.0. The summed E-state index contributed by atoms with van der Waals surface area (Å²) in [6.45, 7) is 1.92. The van der Waals surface area contributed by atoms with E-state index in [1.807, 2.05) is 6.07 Å². The molecule has 1 aliphatic rings. The number of H-pyrrole nitrogens is 2. The topological polar surface area (TPSA) is 111 Å². The second-order valence-electron chi connectivity index (χ2n) is 6.06. The normalized spacial score (nSPS) is 16.6. The Labute approximate surface area is 136 Å². The summed E-state index contributed by atoms with van der Waals surface area (Å²) in [5.74, 6) is 0. The highest BCUT2D eigenvalue weighted by Crippen LogP contribution is 2.27. The highest BCUT2D eigenvalue weighted by atomic mass is 16.2. The van der Waals surface area contributed by atoms with Crippen molar-refractivity contribution < 1.29 is 0 Å². The van der Waals surface area contributed by atoms with E-state index in [0.717, 1.165) is 31.3 Å². The summed E-state index contributed by atoms with van der Waals surface area (Å²) in [6, 6.07) is 3.99. The van der Waals surface area contributed by atoms with Crippen molar-refractivity contribution in [3.63, 3.8) is 0 Å². The molecule has 1 aliphatic heterocycles. The van der Waals surface area contributed by atoms with Crippen LogP contribution in [0.1, 0.15) is 18.9 Å². The fraction of sp³-hybridized carbons (Fsp3) is 0.375. The first-order valence-corrected chi connectivity index (χ1v) is 7.89. The van der Waals surface area contributed by atoms with E-state index in [-0.39, 0.29) is 11.7 Å². The molecule has 8 heteroatoms. The number of piperidine rings is 1. The predicted molar refractivity (Wildman–Crippen MR) is 88.8 cm³/mol. The first-order chi connectivity index (χ1) is 11.7. The molecule has 4 rings (SSSR count). The number of pyridine rings is 1.